The molecule has 0 saturated heterocycles. The van der Waals surface area contributed by atoms with Gasteiger partial charge in [0, 0.05) is 31.5 Å². The molecular weight excluding hydrogens is 617 g/mol. The van der Waals surface area contributed by atoms with Crippen molar-refractivity contribution in [2.24, 2.45) is 0 Å². The summed E-state index contributed by atoms with van der Waals surface area (Å²) < 4.78 is 75.1. The molecule has 4 heterocycles. The molecular formula is C29H31F3N6O6S. The van der Waals surface area contributed by atoms with Gasteiger partial charge in [0.15, 0.2) is 6.61 Å². The first-order valence-corrected chi connectivity index (χ1v) is 15.5. The molecule has 6 rings (SSSR count). The van der Waals surface area contributed by atoms with Gasteiger partial charge in [0.05, 0.1) is 5.75 Å². The van der Waals surface area contributed by atoms with E-state index in [1.165, 1.54) is 12.2 Å². The second kappa shape index (κ2) is 15.3. The van der Waals surface area contributed by atoms with Crippen molar-refractivity contribution >= 4 is 27.8 Å². The minimum absolute atomic E-state index is 0.0120. The number of hydrogen-bond donors (Lipinski definition) is 3. The molecule has 0 aliphatic carbocycles. The number of carbonyl (C=O) groups excluding carboxylic acids is 2. The summed E-state index contributed by atoms with van der Waals surface area (Å²) in [5.41, 5.74) is 1.83. The number of carbonyl (C=O) groups is 2. The van der Waals surface area contributed by atoms with Crippen molar-refractivity contribution in [3.63, 3.8) is 0 Å². The molecule has 3 aliphatic rings. The van der Waals surface area contributed by atoms with Crippen molar-refractivity contribution in [1.82, 2.24) is 25.0 Å². The summed E-state index contributed by atoms with van der Waals surface area (Å²) in [5, 5.41) is 5.70. The van der Waals surface area contributed by atoms with Crippen LogP contribution in [0.4, 0.5) is 19.1 Å². The summed E-state index contributed by atoms with van der Waals surface area (Å²) >= 11 is 0. The highest BCUT2D eigenvalue weighted by Gasteiger charge is 2.29. The van der Waals surface area contributed by atoms with Gasteiger partial charge >= 0.3 is 12.2 Å². The molecule has 6 bridgehead atoms. The monoisotopic (exact) mass is 648 g/mol. The molecule has 2 amide bonds. The Labute approximate surface area is 257 Å². The molecule has 240 valence electrons. The molecule has 0 unspecified atom stereocenters. The van der Waals surface area contributed by atoms with Crippen molar-refractivity contribution < 1.29 is 40.7 Å². The molecule has 0 radical (unpaired) electrons. The maximum atomic E-state index is 12.8. The lowest BCUT2D eigenvalue weighted by molar-refractivity contribution is -0.154. The fourth-order valence-corrected chi connectivity index (χ4v) is 4.92. The summed E-state index contributed by atoms with van der Waals surface area (Å²) in [4.78, 5) is 36.9. The van der Waals surface area contributed by atoms with Crippen LogP contribution in [0.5, 0.6) is 11.8 Å². The number of rotatable bonds is 2. The van der Waals surface area contributed by atoms with Crippen LogP contribution in [0.3, 0.4) is 0 Å². The van der Waals surface area contributed by atoms with Gasteiger partial charge in [-0.3, -0.25) is 14.3 Å². The van der Waals surface area contributed by atoms with Gasteiger partial charge in [0.1, 0.15) is 18.2 Å². The summed E-state index contributed by atoms with van der Waals surface area (Å²) in [5.74, 6) is -0.695. The largest absolute Gasteiger partial charge is 0.490 e. The minimum Gasteiger partial charge on any atom is -0.490 e. The summed E-state index contributed by atoms with van der Waals surface area (Å²) in [7, 11) is -3.86. The average Bonchev–Trinajstić information content (AvgIpc) is 2.98. The van der Waals surface area contributed by atoms with Crippen molar-refractivity contribution in [3.05, 3.63) is 83.2 Å². The van der Waals surface area contributed by atoms with Gasteiger partial charge in [-0.1, -0.05) is 36.4 Å². The van der Waals surface area contributed by atoms with E-state index in [1.54, 1.807) is 48.5 Å². The quantitative estimate of drug-likeness (QED) is 0.352. The van der Waals surface area contributed by atoms with E-state index in [-0.39, 0.29) is 50.2 Å². The zero-order valence-electron chi connectivity index (χ0n) is 24.0. The van der Waals surface area contributed by atoms with E-state index in [0.29, 0.717) is 29.7 Å². The fourth-order valence-electron chi connectivity index (χ4n) is 4.00. The van der Waals surface area contributed by atoms with Gasteiger partial charge in [0.2, 0.25) is 21.9 Å². The highest BCUT2D eigenvalue weighted by molar-refractivity contribution is 7.90. The Kier molecular flexibility index (Phi) is 11.3. The Bertz CT molecular complexity index is 1600. The van der Waals surface area contributed by atoms with Crippen LogP contribution in [-0.2, 0) is 27.8 Å². The zero-order valence-corrected chi connectivity index (χ0v) is 24.8. The highest BCUT2D eigenvalue weighted by Crippen LogP contribution is 2.19. The maximum absolute atomic E-state index is 12.8. The normalized spacial score (nSPS) is 16.8. The SMILES string of the molecule is O=C1CCCCNC(=O)c2ccc(cc2)Cc2nc(nc(OCC(F)(F)F)n2)NCc2ccc(cc2)OCC=CCS(=O)(=O)N1. The zero-order chi connectivity index (χ0) is 32.3. The number of nitrogens with one attached hydrogen (secondary N) is 3. The third-order valence-electron chi connectivity index (χ3n) is 6.19. The predicted molar refractivity (Wildman–Crippen MR) is 157 cm³/mol. The van der Waals surface area contributed by atoms with Crippen molar-refractivity contribution in [2.45, 2.75) is 38.4 Å². The van der Waals surface area contributed by atoms with Crippen molar-refractivity contribution in [2.75, 3.05) is 30.8 Å². The first kappa shape index (κ1) is 33.2. The number of fused-ring (bicyclic) bond motifs is 2. The van der Waals surface area contributed by atoms with Crippen LogP contribution in [0, 0.1) is 0 Å². The fraction of sp³-hybridized carbons (Fsp3) is 0.345. The van der Waals surface area contributed by atoms with Gasteiger partial charge in [-0.25, -0.2) is 8.42 Å². The van der Waals surface area contributed by atoms with Crippen LogP contribution >= 0.6 is 0 Å². The number of alkyl halides is 3. The number of sulfonamides is 1. The van der Waals surface area contributed by atoms with Crippen LogP contribution in [-0.4, -0.2) is 66.9 Å². The molecule has 3 aromatic rings. The van der Waals surface area contributed by atoms with Crippen LogP contribution < -0.4 is 24.8 Å². The van der Waals surface area contributed by atoms with E-state index in [9.17, 15) is 31.2 Å². The molecule has 16 heteroatoms. The Hall–Kier alpha value is -4.73. The number of halogens is 3. The summed E-state index contributed by atoms with van der Waals surface area (Å²) in [6, 6.07) is 12.9. The molecule has 0 spiro atoms. The van der Waals surface area contributed by atoms with Gasteiger partial charge in [-0.05, 0) is 48.2 Å². The lowest BCUT2D eigenvalue weighted by Crippen LogP contribution is -2.32. The minimum atomic E-state index is -4.59. The molecule has 12 nitrogen and oxygen atoms in total. The van der Waals surface area contributed by atoms with Gasteiger partial charge in [0.25, 0.3) is 5.91 Å². The molecule has 45 heavy (non-hydrogen) atoms. The Balaban J connectivity index is 1.52. The van der Waals surface area contributed by atoms with Crippen LogP contribution in [0.15, 0.2) is 60.7 Å². The van der Waals surface area contributed by atoms with E-state index in [4.69, 9.17) is 9.47 Å². The second-order valence-corrected chi connectivity index (χ2v) is 11.7. The van der Waals surface area contributed by atoms with Crippen molar-refractivity contribution in [3.8, 4) is 11.8 Å². The van der Waals surface area contributed by atoms with Gasteiger partial charge < -0.3 is 20.1 Å². The lowest BCUT2D eigenvalue weighted by Gasteiger charge is -2.12. The average molecular weight is 649 g/mol. The smallest absolute Gasteiger partial charge is 0.422 e. The predicted octanol–water partition coefficient (Wildman–Crippen LogP) is 3.31. The molecule has 3 N–H and O–H groups in total. The molecule has 0 atom stereocenters. The molecule has 3 aliphatic heterocycles. The van der Waals surface area contributed by atoms with E-state index < -0.39 is 40.5 Å². The first-order valence-electron chi connectivity index (χ1n) is 13.9. The van der Waals surface area contributed by atoms with Crippen LogP contribution in [0.25, 0.3) is 0 Å². The molecule has 0 saturated carbocycles. The number of benzene rings is 2. The van der Waals surface area contributed by atoms with E-state index in [2.05, 4.69) is 25.6 Å². The van der Waals surface area contributed by atoms with E-state index in [0.717, 1.165) is 5.56 Å². The maximum Gasteiger partial charge on any atom is 0.422 e. The number of anilines is 1. The van der Waals surface area contributed by atoms with Gasteiger partial charge in [-0.2, -0.15) is 28.1 Å². The molecule has 0 fully saturated rings. The van der Waals surface area contributed by atoms with E-state index in [1.807, 2.05) is 4.72 Å². The number of hydrogen-bond acceptors (Lipinski definition) is 10. The van der Waals surface area contributed by atoms with Crippen LogP contribution in [0.2, 0.25) is 0 Å². The summed E-state index contributed by atoms with van der Waals surface area (Å²) in [6.07, 6.45) is -0.784. The first-order chi connectivity index (χ1) is 21.4. The Morgan fingerprint density at radius 3 is 2.36 bits per heavy atom. The third kappa shape index (κ3) is 11.7. The van der Waals surface area contributed by atoms with Crippen molar-refractivity contribution in [1.29, 1.82) is 0 Å². The molecule has 2 aromatic carbocycles. The lowest BCUT2D eigenvalue weighted by atomic mass is 10.1. The topological polar surface area (TPSA) is 162 Å². The van der Waals surface area contributed by atoms with Crippen LogP contribution in [0.1, 0.15) is 46.6 Å². The second-order valence-electron chi connectivity index (χ2n) is 9.93. The number of nitrogens with zero attached hydrogens (tertiary/aromatic N) is 3. The Morgan fingerprint density at radius 2 is 1.62 bits per heavy atom. The van der Waals surface area contributed by atoms with Gasteiger partial charge in [-0.15, -0.1) is 0 Å². The van der Waals surface area contributed by atoms with E-state index >= 15 is 0 Å². The Morgan fingerprint density at radius 1 is 0.889 bits per heavy atom. The highest BCUT2D eigenvalue weighted by atomic mass is 32.2. The summed E-state index contributed by atoms with van der Waals surface area (Å²) in [6.45, 7) is -0.994. The number of ether oxygens (including phenoxy) is 2. The third-order valence-corrected chi connectivity index (χ3v) is 7.36. The number of amides is 2. The molecule has 1 aromatic heterocycles. The standard InChI is InChI=1S/C29H31F3N6O6S/c30-29(31,32)19-44-28-36-24-17-20-6-10-22(11-7-20)26(40)33-14-2-1-5-25(39)38-45(41,42)16-4-3-15-43-23-12-8-21(9-13-23)18-34-27(35-24)37-28/h3-4,6-13H,1-2,5,14-19H2,(H,33,40)(H,38,39)(H,34,35,36,37). The number of aromatic nitrogens is 3.